The van der Waals surface area contributed by atoms with E-state index in [0.717, 1.165) is 22.9 Å². The second-order valence-electron chi connectivity index (χ2n) is 3.47. The highest BCUT2D eigenvalue weighted by atomic mass is 32.1. The molecule has 0 radical (unpaired) electrons. The number of thiophene rings is 1. The van der Waals surface area contributed by atoms with Gasteiger partial charge in [-0.25, -0.2) is 4.98 Å². The van der Waals surface area contributed by atoms with Crippen LogP contribution in [0.5, 0.6) is 0 Å². The fourth-order valence-electron chi connectivity index (χ4n) is 1.31. The van der Waals surface area contributed by atoms with Gasteiger partial charge in [-0.15, -0.1) is 11.3 Å². The number of oxazole rings is 1. The van der Waals surface area contributed by atoms with Crippen molar-refractivity contribution in [3.8, 4) is 10.6 Å². The maximum atomic E-state index is 5.84. The van der Waals surface area contributed by atoms with E-state index in [4.69, 9.17) is 10.2 Å². The molecule has 15 heavy (non-hydrogen) atoms. The third-order valence-corrected chi connectivity index (χ3v) is 3.16. The van der Waals surface area contributed by atoms with Gasteiger partial charge >= 0.3 is 0 Å². The number of nitrogens with zero attached hydrogens (tertiary/aromatic N) is 1. The van der Waals surface area contributed by atoms with Crippen LogP contribution in [0.1, 0.15) is 19.2 Å². The molecular weight excluding hydrogens is 208 g/mol. The second-order valence-corrected chi connectivity index (χ2v) is 4.42. The van der Waals surface area contributed by atoms with Crippen molar-refractivity contribution < 1.29 is 4.42 Å². The van der Waals surface area contributed by atoms with Gasteiger partial charge < -0.3 is 10.2 Å². The molecule has 0 aromatic carbocycles. The van der Waals surface area contributed by atoms with Crippen LogP contribution in [0.2, 0.25) is 0 Å². The SMILES string of the molecule is CC[C@H](N)Cc1ncc(-c2cccs2)o1. The van der Waals surface area contributed by atoms with E-state index >= 15 is 0 Å². The Hall–Kier alpha value is -1.13. The maximum absolute atomic E-state index is 5.84. The molecule has 2 aromatic heterocycles. The predicted molar refractivity (Wildman–Crippen MR) is 61.8 cm³/mol. The second kappa shape index (κ2) is 4.59. The van der Waals surface area contributed by atoms with Gasteiger partial charge in [0.15, 0.2) is 11.7 Å². The van der Waals surface area contributed by atoms with E-state index in [-0.39, 0.29) is 6.04 Å². The quantitative estimate of drug-likeness (QED) is 0.865. The number of rotatable bonds is 4. The largest absolute Gasteiger partial charge is 0.440 e. The average molecular weight is 222 g/mol. The van der Waals surface area contributed by atoms with Crippen molar-refractivity contribution in [2.24, 2.45) is 5.73 Å². The summed E-state index contributed by atoms with van der Waals surface area (Å²) in [6, 6.07) is 4.16. The molecule has 3 nitrogen and oxygen atoms in total. The molecule has 2 N–H and O–H groups in total. The fraction of sp³-hybridized carbons (Fsp3) is 0.364. The first-order valence-electron chi connectivity index (χ1n) is 5.03. The highest BCUT2D eigenvalue weighted by molar-refractivity contribution is 7.13. The van der Waals surface area contributed by atoms with Crippen LogP contribution in [0.25, 0.3) is 10.6 Å². The summed E-state index contributed by atoms with van der Waals surface area (Å²) in [5.41, 5.74) is 5.84. The zero-order chi connectivity index (χ0) is 10.7. The van der Waals surface area contributed by atoms with Crippen LogP contribution in [-0.2, 0) is 6.42 Å². The van der Waals surface area contributed by atoms with Crippen LogP contribution < -0.4 is 5.73 Å². The Morgan fingerprint density at radius 3 is 3.13 bits per heavy atom. The van der Waals surface area contributed by atoms with E-state index < -0.39 is 0 Å². The van der Waals surface area contributed by atoms with E-state index in [1.807, 2.05) is 17.5 Å². The Kier molecular flexibility index (Phi) is 3.18. The van der Waals surface area contributed by atoms with Crippen molar-refractivity contribution in [1.82, 2.24) is 4.98 Å². The zero-order valence-corrected chi connectivity index (χ0v) is 9.46. The van der Waals surface area contributed by atoms with Crippen molar-refractivity contribution in [3.63, 3.8) is 0 Å². The van der Waals surface area contributed by atoms with Gasteiger partial charge in [0.1, 0.15) is 0 Å². The molecule has 0 amide bonds. The maximum Gasteiger partial charge on any atom is 0.196 e. The van der Waals surface area contributed by atoms with E-state index in [2.05, 4.69) is 11.9 Å². The van der Waals surface area contributed by atoms with E-state index in [1.165, 1.54) is 0 Å². The molecule has 2 aromatic rings. The third-order valence-electron chi connectivity index (χ3n) is 2.28. The zero-order valence-electron chi connectivity index (χ0n) is 8.64. The first kappa shape index (κ1) is 10.4. The summed E-state index contributed by atoms with van der Waals surface area (Å²) < 4.78 is 5.62. The standard InChI is InChI=1S/C11H14N2OS/c1-2-8(12)6-11-13-7-9(14-11)10-4-3-5-15-10/h3-5,7-8H,2,6,12H2,1H3/t8-/m0/s1. The van der Waals surface area contributed by atoms with Crippen LogP contribution in [0.4, 0.5) is 0 Å². The molecule has 80 valence electrons. The van der Waals surface area contributed by atoms with Crippen molar-refractivity contribution in [3.05, 3.63) is 29.6 Å². The van der Waals surface area contributed by atoms with Gasteiger partial charge in [0.2, 0.25) is 0 Å². The molecule has 0 aliphatic carbocycles. The van der Waals surface area contributed by atoms with E-state index in [9.17, 15) is 0 Å². The van der Waals surface area contributed by atoms with Crippen molar-refractivity contribution >= 4 is 11.3 Å². The minimum absolute atomic E-state index is 0.139. The molecule has 0 aliphatic rings. The third kappa shape index (κ3) is 2.46. The highest BCUT2D eigenvalue weighted by Gasteiger charge is 2.09. The molecule has 0 aliphatic heterocycles. The lowest BCUT2D eigenvalue weighted by molar-refractivity contribution is 0.475. The minimum Gasteiger partial charge on any atom is -0.440 e. The van der Waals surface area contributed by atoms with Gasteiger partial charge in [0.05, 0.1) is 11.1 Å². The van der Waals surface area contributed by atoms with Crippen LogP contribution in [0, 0.1) is 0 Å². The number of hydrogen-bond donors (Lipinski definition) is 1. The van der Waals surface area contributed by atoms with Crippen LogP contribution >= 0.6 is 11.3 Å². The molecule has 0 saturated carbocycles. The first-order valence-corrected chi connectivity index (χ1v) is 5.91. The van der Waals surface area contributed by atoms with Crippen LogP contribution in [0.15, 0.2) is 28.1 Å². The summed E-state index contributed by atoms with van der Waals surface area (Å²) >= 11 is 1.65. The Morgan fingerprint density at radius 1 is 1.60 bits per heavy atom. The summed E-state index contributed by atoms with van der Waals surface area (Å²) in [5, 5.41) is 2.02. The summed E-state index contributed by atoms with van der Waals surface area (Å²) in [5.74, 6) is 1.57. The molecular formula is C11H14N2OS. The molecule has 1 atom stereocenters. The molecule has 0 unspecified atom stereocenters. The number of aromatic nitrogens is 1. The van der Waals surface area contributed by atoms with E-state index in [0.29, 0.717) is 6.42 Å². The van der Waals surface area contributed by atoms with Gasteiger partial charge in [0, 0.05) is 12.5 Å². The Labute approximate surface area is 92.9 Å². The smallest absolute Gasteiger partial charge is 0.196 e. The molecule has 4 heteroatoms. The molecule has 0 bridgehead atoms. The lowest BCUT2D eigenvalue weighted by atomic mass is 10.2. The topological polar surface area (TPSA) is 52.0 Å². The summed E-state index contributed by atoms with van der Waals surface area (Å²) in [7, 11) is 0. The summed E-state index contributed by atoms with van der Waals surface area (Å²) in [6.45, 7) is 2.06. The predicted octanol–water partition coefficient (Wildman–Crippen LogP) is 2.68. The molecule has 2 rings (SSSR count). The Bertz CT molecular complexity index is 408. The molecule has 0 saturated heterocycles. The molecule has 0 fully saturated rings. The monoisotopic (exact) mass is 222 g/mol. The van der Waals surface area contributed by atoms with Gasteiger partial charge in [-0.3, -0.25) is 0 Å². The van der Waals surface area contributed by atoms with Gasteiger partial charge in [-0.2, -0.15) is 0 Å². The van der Waals surface area contributed by atoms with Gasteiger partial charge in [-0.05, 0) is 17.9 Å². The minimum atomic E-state index is 0.139. The lowest BCUT2D eigenvalue weighted by Crippen LogP contribution is -2.21. The van der Waals surface area contributed by atoms with Crippen LogP contribution in [0.3, 0.4) is 0 Å². The Morgan fingerprint density at radius 2 is 2.47 bits per heavy atom. The van der Waals surface area contributed by atoms with Crippen molar-refractivity contribution in [2.45, 2.75) is 25.8 Å². The summed E-state index contributed by atoms with van der Waals surface area (Å²) in [4.78, 5) is 5.33. The number of hydrogen-bond acceptors (Lipinski definition) is 4. The van der Waals surface area contributed by atoms with Crippen LogP contribution in [-0.4, -0.2) is 11.0 Å². The Balaban J connectivity index is 2.11. The number of nitrogens with two attached hydrogens (primary N) is 1. The molecule has 2 heterocycles. The van der Waals surface area contributed by atoms with E-state index in [1.54, 1.807) is 17.5 Å². The normalized spacial score (nSPS) is 12.9. The first-order chi connectivity index (χ1) is 7.29. The highest BCUT2D eigenvalue weighted by Crippen LogP contribution is 2.25. The molecule has 0 spiro atoms. The lowest BCUT2D eigenvalue weighted by Gasteiger charge is -2.03. The van der Waals surface area contributed by atoms with Gasteiger partial charge in [-0.1, -0.05) is 13.0 Å². The van der Waals surface area contributed by atoms with Crippen molar-refractivity contribution in [1.29, 1.82) is 0 Å². The van der Waals surface area contributed by atoms with Gasteiger partial charge in [0.25, 0.3) is 0 Å². The fourth-order valence-corrected chi connectivity index (χ4v) is 1.98. The average Bonchev–Trinajstić information content (AvgIpc) is 2.85. The van der Waals surface area contributed by atoms with Crippen molar-refractivity contribution in [2.75, 3.05) is 0 Å². The summed E-state index contributed by atoms with van der Waals surface area (Å²) in [6.07, 6.45) is 3.42.